The Bertz CT molecular complexity index is 581. The highest BCUT2D eigenvalue weighted by molar-refractivity contribution is 5.87. The van der Waals surface area contributed by atoms with Gasteiger partial charge in [-0.2, -0.15) is 0 Å². The number of aryl methyl sites for hydroxylation is 1. The summed E-state index contributed by atoms with van der Waals surface area (Å²) in [5.41, 5.74) is 0.832. The molecule has 4 nitrogen and oxygen atoms in total. The molecule has 0 spiro atoms. The summed E-state index contributed by atoms with van der Waals surface area (Å²) in [6.45, 7) is 1.78. The number of carboxylic acid groups (broad SMARTS) is 1. The molecule has 5 heteroatoms. The first kappa shape index (κ1) is 12.0. The van der Waals surface area contributed by atoms with Crippen LogP contribution in [0.5, 0.6) is 11.6 Å². The van der Waals surface area contributed by atoms with Crippen molar-refractivity contribution in [1.82, 2.24) is 4.98 Å². The Hall–Kier alpha value is -2.43. The first-order valence-electron chi connectivity index (χ1n) is 5.19. The maximum absolute atomic E-state index is 13.0. The molecule has 18 heavy (non-hydrogen) atoms. The van der Waals surface area contributed by atoms with E-state index in [0.717, 1.165) is 5.56 Å². The van der Waals surface area contributed by atoms with E-state index in [1.165, 1.54) is 30.5 Å². The average molecular weight is 247 g/mol. The van der Waals surface area contributed by atoms with Crippen LogP contribution in [0.15, 0.2) is 36.5 Å². The van der Waals surface area contributed by atoms with Crippen molar-refractivity contribution in [2.75, 3.05) is 0 Å². The molecule has 92 valence electrons. The molecule has 0 aliphatic rings. The van der Waals surface area contributed by atoms with Gasteiger partial charge < -0.3 is 9.84 Å². The zero-order valence-electron chi connectivity index (χ0n) is 9.55. The van der Waals surface area contributed by atoms with Crippen LogP contribution in [0.1, 0.15) is 15.9 Å². The zero-order chi connectivity index (χ0) is 13.1. The third kappa shape index (κ3) is 2.63. The summed E-state index contributed by atoms with van der Waals surface area (Å²) in [7, 11) is 0. The summed E-state index contributed by atoms with van der Waals surface area (Å²) in [5.74, 6) is -0.895. The van der Waals surface area contributed by atoms with Crippen molar-refractivity contribution < 1.29 is 19.0 Å². The van der Waals surface area contributed by atoms with Gasteiger partial charge in [-0.05, 0) is 24.6 Å². The van der Waals surface area contributed by atoms with Gasteiger partial charge in [-0.25, -0.2) is 14.2 Å². The Kier molecular flexibility index (Phi) is 3.23. The van der Waals surface area contributed by atoms with Gasteiger partial charge in [-0.3, -0.25) is 0 Å². The average Bonchev–Trinajstić information content (AvgIpc) is 2.34. The summed E-state index contributed by atoms with van der Waals surface area (Å²) in [6.07, 6.45) is 1.19. The zero-order valence-corrected chi connectivity index (χ0v) is 9.55. The van der Waals surface area contributed by atoms with Crippen LogP contribution in [-0.4, -0.2) is 16.1 Å². The Balaban J connectivity index is 2.23. The molecule has 0 aliphatic carbocycles. The third-order valence-corrected chi connectivity index (χ3v) is 2.35. The maximum atomic E-state index is 13.0. The van der Waals surface area contributed by atoms with E-state index in [9.17, 15) is 9.18 Å². The molecule has 0 bridgehead atoms. The van der Waals surface area contributed by atoms with Gasteiger partial charge in [0, 0.05) is 18.3 Å². The van der Waals surface area contributed by atoms with Gasteiger partial charge in [0.1, 0.15) is 11.6 Å². The summed E-state index contributed by atoms with van der Waals surface area (Å²) in [6, 6.07) is 6.98. The van der Waals surface area contributed by atoms with E-state index in [1.54, 1.807) is 13.0 Å². The van der Waals surface area contributed by atoms with Gasteiger partial charge in [-0.1, -0.05) is 6.07 Å². The number of rotatable bonds is 3. The van der Waals surface area contributed by atoms with Gasteiger partial charge in [-0.15, -0.1) is 0 Å². The second-order valence-corrected chi connectivity index (χ2v) is 3.70. The normalized spacial score (nSPS) is 10.1. The van der Waals surface area contributed by atoms with E-state index in [2.05, 4.69) is 4.98 Å². The highest BCUT2D eigenvalue weighted by atomic mass is 19.1. The number of aromatic carboxylic acids is 1. The van der Waals surface area contributed by atoms with E-state index in [4.69, 9.17) is 9.84 Å². The van der Waals surface area contributed by atoms with Crippen molar-refractivity contribution in [2.24, 2.45) is 0 Å². The fourth-order valence-electron chi connectivity index (χ4n) is 1.36. The quantitative estimate of drug-likeness (QED) is 0.905. The smallest absolute Gasteiger partial charge is 0.337 e. The molecular weight excluding hydrogens is 237 g/mol. The second-order valence-electron chi connectivity index (χ2n) is 3.70. The van der Waals surface area contributed by atoms with Crippen molar-refractivity contribution in [3.05, 3.63) is 53.5 Å². The van der Waals surface area contributed by atoms with Gasteiger partial charge in [0.15, 0.2) is 0 Å². The summed E-state index contributed by atoms with van der Waals surface area (Å²) in [5, 5.41) is 8.72. The van der Waals surface area contributed by atoms with E-state index in [0.29, 0.717) is 5.75 Å². The second kappa shape index (κ2) is 4.83. The lowest BCUT2D eigenvalue weighted by molar-refractivity contribution is 0.0696. The fraction of sp³-hybridized carbons (Fsp3) is 0.0769. The van der Waals surface area contributed by atoms with E-state index < -0.39 is 11.8 Å². The number of carbonyl (C=O) groups is 1. The topological polar surface area (TPSA) is 59.4 Å². The van der Waals surface area contributed by atoms with Gasteiger partial charge in [0.2, 0.25) is 5.88 Å². The standard InChI is InChI=1S/C13H10FNO3/c1-8-2-4-10(14)6-11(8)18-12-5-3-9(7-15-12)13(16)17/h2-7H,1H3,(H,16,17). The van der Waals surface area contributed by atoms with Gasteiger partial charge >= 0.3 is 5.97 Å². The van der Waals surface area contributed by atoms with Crippen LogP contribution in [0.2, 0.25) is 0 Å². The molecule has 0 saturated carbocycles. The molecule has 0 unspecified atom stereocenters. The highest BCUT2D eigenvalue weighted by Crippen LogP contribution is 2.24. The minimum absolute atomic E-state index is 0.0679. The van der Waals surface area contributed by atoms with Crippen LogP contribution >= 0.6 is 0 Å². The number of hydrogen-bond donors (Lipinski definition) is 1. The number of nitrogens with zero attached hydrogens (tertiary/aromatic N) is 1. The Labute approximate surface area is 103 Å². The van der Waals surface area contributed by atoms with Crippen LogP contribution in [0.4, 0.5) is 4.39 Å². The molecule has 2 aromatic rings. The van der Waals surface area contributed by atoms with Crippen molar-refractivity contribution in [3.8, 4) is 11.6 Å². The van der Waals surface area contributed by atoms with E-state index >= 15 is 0 Å². The van der Waals surface area contributed by atoms with E-state index in [1.807, 2.05) is 0 Å². The summed E-state index contributed by atoms with van der Waals surface area (Å²) < 4.78 is 18.4. The number of aromatic nitrogens is 1. The minimum atomic E-state index is -1.06. The molecular formula is C13H10FNO3. The lowest BCUT2D eigenvalue weighted by Gasteiger charge is -2.07. The van der Waals surface area contributed by atoms with Crippen LogP contribution in [0.3, 0.4) is 0 Å². The van der Waals surface area contributed by atoms with Crippen molar-refractivity contribution in [2.45, 2.75) is 6.92 Å². The van der Waals surface area contributed by atoms with Crippen molar-refractivity contribution in [3.63, 3.8) is 0 Å². The number of ether oxygens (including phenoxy) is 1. The van der Waals surface area contributed by atoms with Crippen LogP contribution in [0, 0.1) is 12.7 Å². The molecule has 0 aliphatic heterocycles. The monoisotopic (exact) mass is 247 g/mol. The molecule has 2 rings (SSSR count). The Morgan fingerprint density at radius 1 is 1.33 bits per heavy atom. The van der Waals surface area contributed by atoms with E-state index in [-0.39, 0.29) is 11.4 Å². The molecule has 0 radical (unpaired) electrons. The minimum Gasteiger partial charge on any atom is -0.478 e. The molecule has 1 aromatic heterocycles. The lowest BCUT2D eigenvalue weighted by atomic mass is 10.2. The Morgan fingerprint density at radius 2 is 2.11 bits per heavy atom. The largest absolute Gasteiger partial charge is 0.478 e. The van der Waals surface area contributed by atoms with Crippen LogP contribution in [0.25, 0.3) is 0 Å². The predicted octanol–water partition coefficient (Wildman–Crippen LogP) is 3.02. The number of pyridine rings is 1. The first-order chi connectivity index (χ1) is 8.56. The summed E-state index contributed by atoms with van der Waals surface area (Å²) >= 11 is 0. The summed E-state index contributed by atoms with van der Waals surface area (Å²) in [4.78, 5) is 14.5. The molecule has 1 N–H and O–H groups in total. The first-order valence-corrected chi connectivity index (χ1v) is 5.19. The molecule has 1 heterocycles. The van der Waals surface area contributed by atoms with Crippen molar-refractivity contribution in [1.29, 1.82) is 0 Å². The van der Waals surface area contributed by atoms with Gasteiger partial charge in [0.25, 0.3) is 0 Å². The number of carboxylic acids is 1. The SMILES string of the molecule is Cc1ccc(F)cc1Oc1ccc(C(=O)O)cn1. The molecule has 0 amide bonds. The third-order valence-electron chi connectivity index (χ3n) is 2.35. The molecule has 0 atom stereocenters. The number of hydrogen-bond acceptors (Lipinski definition) is 3. The highest BCUT2D eigenvalue weighted by Gasteiger charge is 2.06. The molecule has 0 saturated heterocycles. The lowest BCUT2D eigenvalue weighted by Crippen LogP contribution is -1.98. The Morgan fingerprint density at radius 3 is 2.72 bits per heavy atom. The fourth-order valence-corrected chi connectivity index (χ4v) is 1.36. The van der Waals surface area contributed by atoms with Crippen LogP contribution < -0.4 is 4.74 Å². The number of benzene rings is 1. The molecule has 0 fully saturated rings. The number of halogens is 1. The maximum Gasteiger partial charge on any atom is 0.337 e. The predicted molar refractivity (Wildman–Crippen MR) is 62.4 cm³/mol. The van der Waals surface area contributed by atoms with Gasteiger partial charge in [0.05, 0.1) is 5.56 Å². The van der Waals surface area contributed by atoms with Crippen LogP contribution in [-0.2, 0) is 0 Å². The molecule has 1 aromatic carbocycles. The van der Waals surface area contributed by atoms with Crippen molar-refractivity contribution >= 4 is 5.97 Å².